The van der Waals surface area contributed by atoms with Gasteiger partial charge in [0.05, 0.1) is 0 Å². The molecule has 0 fully saturated rings. The van der Waals surface area contributed by atoms with E-state index in [0.29, 0.717) is 5.75 Å². The van der Waals surface area contributed by atoms with Crippen LogP contribution in [-0.4, -0.2) is 5.11 Å². The van der Waals surface area contributed by atoms with Crippen LogP contribution in [0.25, 0.3) is 0 Å². The molecule has 0 aliphatic heterocycles. The predicted molar refractivity (Wildman–Crippen MR) is 121 cm³/mol. The van der Waals surface area contributed by atoms with E-state index in [2.05, 4.69) is 6.92 Å². The second-order valence-corrected chi connectivity index (χ2v) is 8.39. The molecule has 0 bridgehead atoms. The number of aryl methyl sites for hydroxylation is 1. The second-order valence-electron chi connectivity index (χ2n) is 8.39. The highest BCUT2D eigenvalue weighted by Crippen LogP contribution is 2.19. The zero-order valence-electron chi connectivity index (χ0n) is 18.2. The molecule has 1 N–H and O–H groups in total. The molecule has 0 saturated carbocycles. The maximum absolute atomic E-state index is 9.75. The van der Waals surface area contributed by atoms with Gasteiger partial charge < -0.3 is 5.11 Å². The highest BCUT2D eigenvalue weighted by atomic mass is 16.3. The van der Waals surface area contributed by atoms with Gasteiger partial charge in [-0.15, -0.1) is 0 Å². The van der Waals surface area contributed by atoms with Gasteiger partial charge in [0, 0.05) is 0 Å². The topological polar surface area (TPSA) is 20.2 Å². The molecule has 156 valence electrons. The van der Waals surface area contributed by atoms with Gasteiger partial charge in [0.15, 0.2) is 0 Å². The summed E-state index contributed by atoms with van der Waals surface area (Å²) in [5.74, 6) is 0.462. The number of phenolic OH excluding ortho intramolecular Hbond substituents is 1. The van der Waals surface area contributed by atoms with E-state index in [-0.39, 0.29) is 0 Å². The summed E-state index contributed by atoms with van der Waals surface area (Å²) in [6.45, 7) is 2.29. The number of hydrogen-bond donors (Lipinski definition) is 1. The van der Waals surface area contributed by atoms with Crippen molar-refractivity contribution >= 4 is 0 Å². The summed E-state index contributed by atoms with van der Waals surface area (Å²) < 4.78 is 0. The van der Waals surface area contributed by atoms with Gasteiger partial charge in [0.2, 0.25) is 0 Å². The minimum absolute atomic E-state index is 0.462. The summed E-state index contributed by atoms with van der Waals surface area (Å²) in [5.41, 5.74) is 1.11. The van der Waals surface area contributed by atoms with E-state index in [0.717, 1.165) is 12.0 Å². The SMILES string of the molecule is CCCCCCCCCCCCCCCCCCCCc1ccccc1O. The lowest BCUT2D eigenvalue weighted by atomic mass is 10.0. The largest absolute Gasteiger partial charge is 0.508 e. The molecule has 0 radical (unpaired) electrons. The third-order valence-corrected chi connectivity index (χ3v) is 5.79. The van der Waals surface area contributed by atoms with Crippen LogP contribution in [-0.2, 0) is 6.42 Å². The van der Waals surface area contributed by atoms with Crippen molar-refractivity contribution in [3.8, 4) is 5.75 Å². The second kappa shape index (κ2) is 18.4. The number of hydrogen-bond acceptors (Lipinski definition) is 1. The number of phenols is 1. The summed E-state index contributed by atoms with van der Waals surface area (Å²) in [6.07, 6.45) is 26.5. The van der Waals surface area contributed by atoms with Crippen molar-refractivity contribution in [1.82, 2.24) is 0 Å². The molecule has 1 heteroatoms. The standard InChI is InChI=1S/C26H46O/c1-2-3-4-5-6-7-8-9-10-11-12-13-14-15-16-17-18-19-22-25-23-20-21-24-26(25)27/h20-21,23-24,27H,2-19,22H2,1H3. The molecule has 0 saturated heterocycles. The van der Waals surface area contributed by atoms with Crippen molar-refractivity contribution < 1.29 is 5.11 Å². The first-order valence-corrected chi connectivity index (χ1v) is 12.1. The van der Waals surface area contributed by atoms with Gasteiger partial charge in [-0.3, -0.25) is 0 Å². The number of aromatic hydroxyl groups is 1. The van der Waals surface area contributed by atoms with E-state index in [1.807, 2.05) is 18.2 Å². The van der Waals surface area contributed by atoms with Crippen molar-refractivity contribution in [2.75, 3.05) is 0 Å². The first-order valence-electron chi connectivity index (χ1n) is 12.1. The first kappa shape index (κ1) is 24.1. The van der Waals surface area contributed by atoms with Crippen molar-refractivity contribution in [3.63, 3.8) is 0 Å². The maximum atomic E-state index is 9.75. The highest BCUT2D eigenvalue weighted by molar-refractivity contribution is 5.31. The Hall–Kier alpha value is -0.980. The molecule has 0 spiro atoms. The van der Waals surface area contributed by atoms with Crippen LogP contribution < -0.4 is 0 Å². The highest BCUT2D eigenvalue weighted by Gasteiger charge is 1.99. The molecule has 1 nitrogen and oxygen atoms in total. The maximum Gasteiger partial charge on any atom is 0.118 e. The van der Waals surface area contributed by atoms with Gasteiger partial charge in [-0.05, 0) is 24.5 Å². The Balaban J connectivity index is 1.73. The van der Waals surface area contributed by atoms with E-state index < -0.39 is 0 Å². The van der Waals surface area contributed by atoms with E-state index in [4.69, 9.17) is 0 Å². The lowest BCUT2D eigenvalue weighted by Gasteiger charge is -2.05. The van der Waals surface area contributed by atoms with Crippen LogP contribution in [0.1, 0.15) is 128 Å². The summed E-state index contributed by atoms with van der Waals surface area (Å²) in [4.78, 5) is 0. The molecule has 0 aliphatic carbocycles. The molecule has 0 unspecified atom stereocenters. The molecule has 0 atom stereocenters. The minimum atomic E-state index is 0.462. The zero-order chi connectivity index (χ0) is 19.4. The van der Waals surface area contributed by atoms with Crippen molar-refractivity contribution in [2.45, 2.75) is 129 Å². The van der Waals surface area contributed by atoms with Gasteiger partial charge in [0.1, 0.15) is 5.75 Å². The van der Waals surface area contributed by atoms with E-state index >= 15 is 0 Å². The molecule has 1 rings (SSSR count). The van der Waals surface area contributed by atoms with Crippen molar-refractivity contribution in [2.24, 2.45) is 0 Å². The van der Waals surface area contributed by atoms with Crippen LogP contribution in [0.5, 0.6) is 5.75 Å². The van der Waals surface area contributed by atoms with Gasteiger partial charge in [-0.25, -0.2) is 0 Å². The Kier molecular flexibility index (Phi) is 16.4. The fraction of sp³-hybridized carbons (Fsp3) is 0.769. The average Bonchev–Trinajstić information content (AvgIpc) is 2.68. The Morgan fingerprint density at radius 2 is 0.889 bits per heavy atom. The van der Waals surface area contributed by atoms with Crippen LogP contribution in [0.3, 0.4) is 0 Å². The fourth-order valence-electron chi connectivity index (χ4n) is 3.94. The van der Waals surface area contributed by atoms with E-state index in [9.17, 15) is 5.11 Å². The van der Waals surface area contributed by atoms with Crippen LogP contribution >= 0.6 is 0 Å². The van der Waals surface area contributed by atoms with E-state index in [1.54, 1.807) is 6.07 Å². The third-order valence-electron chi connectivity index (χ3n) is 5.79. The quantitative estimate of drug-likeness (QED) is 0.239. The van der Waals surface area contributed by atoms with Crippen LogP contribution in [0.15, 0.2) is 24.3 Å². The first-order chi connectivity index (χ1) is 13.3. The normalized spacial score (nSPS) is 11.1. The van der Waals surface area contributed by atoms with Crippen LogP contribution in [0.4, 0.5) is 0 Å². The lowest BCUT2D eigenvalue weighted by Crippen LogP contribution is -1.87. The monoisotopic (exact) mass is 374 g/mol. The lowest BCUT2D eigenvalue weighted by molar-refractivity contribution is 0.465. The summed E-state index contributed by atoms with van der Waals surface area (Å²) in [5, 5.41) is 9.75. The molecule has 0 aromatic heterocycles. The summed E-state index contributed by atoms with van der Waals surface area (Å²) in [7, 11) is 0. The molecule has 0 aliphatic rings. The minimum Gasteiger partial charge on any atom is -0.508 e. The number of rotatable bonds is 19. The average molecular weight is 375 g/mol. The fourth-order valence-corrected chi connectivity index (χ4v) is 3.94. The predicted octanol–water partition coefficient (Wildman–Crippen LogP) is 8.98. The molecule has 0 heterocycles. The number of benzene rings is 1. The Bertz CT molecular complexity index is 426. The molecular weight excluding hydrogens is 328 g/mol. The Morgan fingerprint density at radius 3 is 1.30 bits per heavy atom. The van der Waals surface area contributed by atoms with Crippen molar-refractivity contribution in [3.05, 3.63) is 29.8 Å². The summed E-state index contributed by atoms with van der Waals surface area (Å²) >= 11 is 0. The number of unbranched alkanes of at least 4 members (excludes halogenated alkanes) is 17. The molecule has 0 amide bonds. The van der Waals surface area contributed by atoms with Crippen LogP contribution in [0, 0.1) is 0 Å². The smallest absolute Gasteiger partial charge is 0.118 e. The van der Waals surface area contributed by atoms with Gasteiger partial charge in [-0.2, -0.15) is 0 Å². The third kappa shape index (κ3) is 14.7. The Morgan fingerprint density at radius 1 is 0.519 bits per heavy atom. The van der Waals surface area contributed by atoms with Crippen LogP contribution in [0.2, 0.25) is 0 Å². The molecule has 27 heavy (non-hydrogen) atoms. The zero-order valence-corrected chi connectivity index (χ0v) is 18.2. The van der Waals surface area contributed by atoms with Gasteiger partial charge in [0.25, 0.3) is 0 Å². The van der Waals surface area contributed by atoms with E-state index in [1.165, 1.54) is 116 Å². The van der Waals surface area contributed by atoms with Gasteiger partial charge >= 0.3 is 0 Å². The van der Waals surface area contributed by atoms with Crippen molar-refractivity contribution in [1.29, 1.82) is 0 Å². The molecular formula is C26H46O. The molecule has 1 aromatic rings. The molecule has 1 aromatic carbocycles. The Labute approximate surface area is 170 Å². The van der Waals surface area contributed by atoms with Gasteiger partial charge in [-0.1, -0.05) is 134 Å². The summed E-state index contributed by atoms with van der Waals surface area (Å²) in [6, 6.07) is 7.76. The number of para-hydroxylation sites is 1.